The van der Waals surface area contributed by atoms with Crippen molar-refractivity contribution in [3.63, 3.8) is 0 Å². The van der Waals surface area contributed by atoms with Crippen molar-refractivity contribution in [2.24, 2.45) is 0 Å². The largest absolute Gasteiger partial charge is 0.493 e. The van der Waals surface area contributed by atoms with Crippen molar-refractivity contribution >= 4 is 28.8 Å². The Morgan fingerprint density at radius 3 is 2.52 bits per heavy atom. The van der Waals surface area contributed by atoms with Gasteiger partial charge in [0.2, 0.25) is 5.01 Å². The molecule has 0 fully saturated rings. The zero-order valence-corrected chi connectivity index (χ0v) is 15.5. The Morgan fingerprint density at radius 1 is 1.00 bits per heavy atom. The van der Waals surface area contributed by atoms with E-state index in [1.807, 2.05) is 31.2 Å². The van der Waals surface area contributed by atoms with Gasteiger partial charge in [-0.2, -0.15) is 0 Å². The fourth-order valence-electron chi connectivity index (χ4n) is 2.31. The van der Waals surface area contributed by atoms with Gasteiger partial charge in [-0.1, -0.05) is 41.7 Å². The minimum atomic E-state index is -0.335. The molecule has 0 spiro atoms. The molecule has 1 heterocycles. The van der Waals surface area contributed by atoms with Crippen LogP contribution in [0.15, 0.2) is 54.6 Å². The summed E-state index contributed by atoms with van der Waals surface area (Å²) in [6.45, 7) is 2.51. The molecule has 0 aliphatic heterocycles. The van der Waals surface area contributed by atoms with Crippen LogP contribution in [0.1, 0.15) is 32.1 Å². The highest BCUT2D eigenvalue weighted by Crippen LogP contribution is 2.18. The monoisotopic (exact) mass is 382 g/mol. The maximum absolute atomic E-state index is 12.4. The van der Waals surface area contributed by atoms with Crippen LogP contribution in [0.3, 0.4) is 0 Å². The van der Waals surface area contributed by atoms with E-state index in [1.54, 1.807) is 30.3 Å². The number of hydrogen-bond acceptors (Lipinski definition) is 6. The molecular formula is C19H18N4O3S. The molecule has 0 aliphatic rings. The zero-order valence-electron chi connectivity index (χ0n) is 14.6. The second kappa shape index (κ2) is 8.91. The summed E-state index contributed by atoms with van der Waals surface area (Å²) in [7, 11) is 0. The summed E-state index contributed by atoms with van der Waals surface area (Å²) in [5, 5.41) is 14.1. The highest BCUT2D eigenvalue weighted by atomic mass is 32.1. The Labute approximate surface area is 160 Å². The van der Waals surface area contributed by atoms with Gasteiger partial charge in [0.15, 0.2) is 0 Å². The van der Waals surface area contributed by atoms with E-state index >= 15 is 0 Å². The fraction of sp³-hybridized carbons (Fsp3) is 0.158. The lowest BCUT2D eigenvalue weighted by molar-refractivity contribution is 0.0946. The van der Waals surface area contributed by atoms with E-state index in [9.17, 15) is 9.59 Å². The second-order valence-electron chi connectivity index (χ2n) is 5.43. The summed E-state index contributed by atoms with van der Waals surface area (Å²) in [6, 6.07) is 16.1. The molecular weight excluding hydrogens is 364 g/mol. The van der Waals surface area contributed by atoms with E-state index in [2.05, 4.69) is 20.8 Å². The number of nitrogens with zero attached hydrogens (tertiary/aromatic N) is 2. The summed E-state index contributed by atoms with van der Waals surface area (Å²) in [6.07, 6.45) is 0. The summed E-state index contributed by atoms with van der Waals surface area (Å²) in [5.41, 5.74) is 1.13. The molecule has 0 aliphatic carbocycles. The first kappa shape index (κ1) is 18.5. The molecule has 0 bridgehead atoms. The molecule has 1 aromatic heterocycles. The molecule has 0 unspecified atom stereocenters. The topological polar surface area (TPSA) is 93.2 Å². The van der Waals surface area contributed by atoms with E-state index < -0.39 is 0 Å². The van der Waals surface area contributed by atoms with Crippen LogP contribution in [0.4, 0.5) is 5.69 Å². The van der Waals surface area contributed by atoms with E-state index in [0.29, 0.717) is 28.6 Å². The van der Waals surface area contributed by atoms with Crippen molar-refractivity contribution in [3.8, 4) is 5.75 Å². The molecule has 3 aromatic rings. The Kier molecular flexibility index (Phi) is 6.11. The van der Waals surface area contributed by atoms with Crippen LogP contribution in [-0.2, 0) is 6.54 Å². The van der Waals surface area contributed by atoms with Gasteiger partial charge in [-0.15, -0.1) is 10.2 Å². The van der Waals surface area contributed by atoms with Gasteiger partial charge >= 0.3 is 0 Å². The molecule has 27 heavy (non-hydrogen) atoms. The predicted molar refractivity (Wildman–Crippen MR) is 103 cm³/mol. The number of carbonyl (C=O) groups is 2. The lowest BCUT2D eigenvalue weighted by Gasteiger charge is -2.09. The third-order valence-corrected chi connectivity index (χ3v) is 4.45. The molecule has 0 atom stereocenters. The van der Waals surface area contributed by atoms with Gasteiger partial charge in [-0.3, -0.25) is 9.59 Å². The number of benzene rings is 2. The number of para-hydroxylation sites is 2. The molecule has 8 heteroatoms. The number of anilines is 1. The van der Waals surface area contributed by atoms with Gasteiger partial charge in [-0.25, -0.2) is 0 Å². The molecule has 0 saturated heterocycles. The molecule has 0 radical (unpaired) electrons. The lowest BCUT2D eigenvalue weighted by atomic mass is 10.2. The molecule has 138 valence electrons. The Hall–Kier alpha value is -3.26. The summed E-state index contributed by atoms with van der Waals surface area (Å²) < 4.78 is 5.46. The Bertz CT molecular complexity index is 927. The lowest BCUT2D eigenvalue weighted by Crippen LogP contribution is -2.23. The number of nitrogens with one attached hydrogen (secondary N) is 2. The van der Waals surface area contributed by atoms with Crippen LogP contribution in [0, 0.1) is 0 Å². The SMILES string of the molecule is CCOc1ccccc1C(=O)NCc1nnc(C(=O)Nc2ccccc2)s1. The molecule has 0 saturated carbocycles. The molecule has 2 amide bonds. The van der Waals surface area contributed by atoms with Crippen LogP contribution in [0.5, 0.6) is 5.75 Å². The van der Waals surface area contributed by atoms with Gasteiger partial charge in [0, 0.05) is 5.69 Å². The molecule has 3 rings (SSSR count). The maximum atomic E-state index is 12.4. The van der Waals surface area contributed by atoms with E-state index in [4.69, 9.17) is 4.74 Å². The Morgan fingerprint density at radius 2 is 1.74 bits per heavy atom. The molecule has 7 nitrogen and oxygen atoms in total. The predicted octanol–water partition coefficient (Wildman–Crippen LogP) is 3.12. The number of amides is 2. The van der Waals surface area contributed by atoms with Crippen molar-refractivity contribution < 1.29 is 14.3 Å². The van der Waals surface area contributed by atoms with Crippen molar-refractivity contribution in [1.29, 1.82) is 0 Å². The molecule has 2 aromatic carbocycles. The zero-order chi connectivity index (χ0) is 19.1. The van der Waals surface area contributed by atoms with E-state index in [-0.39, 0.29) is 23.4 Å². The van der Waals surface area contributed by atoms with Crippen LogP contribution < -0.4 is 15.4 Å². The first-order valence-corrected chi connectivity index (χ1v) is 9.18. The van der Waals surface area contributed by atoms with E-state index in [1.165, 1.54) is 0 Å². The van der Waals surface area contributed by atoms with Crippen LogP contribution in [-0.4, -0.2) is 28.6 Å². The highest BCUT2D eigenvalue weighted by Gasteiger charge is 2.15. The van der Waals surface area contributed by atoms with Crippen molar-refractivity contribution in [3.05, 3.63) is 70.2 Å². The minimum Gasteiger partial charge on any atom is -0.493 e. The van der Waals surface area contributed by atoms with Crippen LogP contribution in [0.25, 0.3) is 0 Å². The smallest absolute Gasteiger partial charge is 0.286 e. The highest BCUT2D eigenvalue weighted by molar-refractivity contribution is 7.13. The average Bonchev–Trinajstić information content (AvgIpc) is 3.17. The average molecular weight is 382 g/mol. The summed E-state index contributed by atoms with van der Waals surface area (Å²) >= 11 is 1.13. The van der Waals surface area contributed by atoms with Crippen LogP contribution in [0.2, 0.25) is 0 Å². The van der Waals surface area contributed by atoms with Crippen molar-refractivity contribution in [2.45, 2.75) is 13.5 Å². The number of aromatic nitrogens is 2. The number of hydrogen-bond donors (Lipinski definition) is 2. The number of ether oxygens (including phenoxy) is 1. The quantitative estimate of drug-likeness (QED) is 0.655. The third-order valence-electron chi connectivity index (χ3n) is 3.52. The fourth-order valence-corrected chi connectivity index (χ4v) is 2.98. The second-order valence-corrected chi connectivity index (χ2v) is 6.50. The number of rotatable bonds is 7. The Balaban J connectivity index is 1.60. The van der Waals surface area contributed by atoms with Gasteiger partial charge in [0.1, 0.15) is 10.8 Å². The summed E-state index contributed by atoms with van der Waals surface area (Å²) in [4.78, 5) is 24.6. The van der Waals surface area contributed by atoms with Gasteiger partial charge in [0.25, 0.3) is 11.8 Å². The van der Waals surface area contributed by atoms with Gasteiger partial charge < -0.3 is 15.4 Å². The number of carbonyl (C=O) groups excluding carboxylic acids is 2. The van der Waals surface area contributed by atoms with Gasteiger partial charge in [0.05, 0.1) is 18.7 Å². The van der Waals surface area contributed by atoms with Gasteiger partial charge in [-0.05, 0) is 31.2 Å². The van der Waals surface area contributed by atoms with E-state index in [0.717, 1.165) is 11.3 Å². The standard InChI is InChI=1S/C19H18N4O3S/c1-2-26-15-11-7-6-10-14(15)17(24)20-12-16-22-23-19(27-16)18(25)21-13-8-4-3-5-9-13/h3-11H,2,12H2,1H3,(H,20,24)(H,21,25). The van der Waals surface area contributed by atoms with Crippen LogP contribution >= 0.6 is 11.3 Å². The van der Waals surface area contributed by atoms with Crippen molar-refractivity contribution in [2.75, 3.05) is 11.9 Å². The third kappa shape index (κ3) is 4.89. The summed E-state index contributed by atoms with van der Waals surface area (Å²) in [5.74, 6) is -0.0832. The van der Waals surface area contributed by atoms with Crippen molar-refractivity contribution in [1.82, 2.24) is 15.5 Å². The maximum Gasteiger partial charge on any atom is 0.286 e. The minimum absolute atomic E-state index is 0.176. The normalized spacial score (nSPS) is 10.3. The molecule has 2 N–H and O–H groups in total. The first-order chi connectivity index (χ1) is 13.2. The first-order valence-electron chi connectivity index (χ1n) is 8.36.